The number of piperazine rings is 1. The summed E-state index contributed by atoms with van der Waals surface area (Å²) in [6.07, 6.45) is 0. The first-order valence-corrected chi connectivity index (χ1v) is 11.9. The number of Topliss-reactive ketones (excluding diaryl/α,β-unsaturated/α-hetero) is 1. The number of anilines is 1. The predicted molar refractivity (Wildman–Crippen MR) is 140 cm³/mol. The number of aliphatic hydroxyl groups is 1. The van der Waals surface area contributed by atoms with Gasteiger partial charge in [-0.2, -0.15) is 0 Å². The Labute approximate surface area is 211 Å². The largest absolute Gasteiger partial charge is 0.497 e. The number of ether oxygens (including phenoxy) is 2. The monoisotopic (exact) mass is 490 g/mol. The maximum absolute atomic E-state index is 14.8. The molecule has 7 heteroatoms. The number of hydrogen-bond donors (Lipinski definition) is 1. The van der Waals surface area contributed by atoms with Crippen LogP contribution in [0, 0.1) is 5.82 Å². The van der Waals surface area contributed by atoms with Crippen LogP contribution in [0.25, 0.3) is 16.7 Å². The van der Waals surface area contributed by atoms with E-state index in [1.807, 2.05) is 42.5 Å². The fourth-order valence-corrected chi connectivity index (χ4v) is 4.55. The summed E-state index contributed by atoms with van der Waals surface area (Å²) >= 11 is 0. The first kappa shape index (κ1) is 25.4. The summed E-state index contributed by atoms with van der Waals surface area (Å²) in [6.45, 7) is 7.67. The SMILES string of the molecule is C=C(C(=O)c1cc(-c2ccccc2OC)ccc1N1CCN(CCO)CC1)c1ccc(OC)cc1F. The van der Waals surface area contributed by atoms with E-state index in [1.54, 1.807) is 13.2 Å². The molecule has 0 aliphatic carbocycles. The summed E-state index contributed by atoms with van der Waals surface area (Å²) in [5.74, 6) is 0.161. The molecule has 1 heterocycles. The van der Waals surface area contributed by atoms with Gasteiger partial charge in [0.25, 0.3) is 0 Å². The third-order valence-corrected chi connectivity index (χ3v) is 6.56. The van der Waals surface area contributed by atoms with Crippen LogP contribution in [0.3, 0.4) is 0 Å². The molecule has 36 heavy (non-hydrogen) atoms. The first-order chi connectivity index (χ1) is 17.5. The quantitative estimate of drug-likeness (QED) is 0.352. The van der Waals surface area contributed by atoms with Gasteiger partial charge < -0.3 is 19.5 Å². The second-order valence-electron chi connectivity index (χ2n) is 8.64. The zero-order chi connectivity index (χ0) is 25.7. The van der Waals surface area contributed by atoms with Gasteiger partial charge in [-0.05, 0) is 35.9 Å². The number of carbonyl (C=O) groups is 1. The number of benzene rings is 3. The van der Waals surface area contributed by atoms with Gasteiger partial charge in [-0.25, -0.2) is 4.39 Å². The van der Waals surface area contributed by atoms with Crippen molar-refractivity contribution in [2.75, 3.05) is 58.5 Å². The van der Waals surface area contributed by atoms with Crippen LogP contribution in [0.15, 0.2) is 67.2 Å². The van der Waals surface area contributed by atoms with E-state index in [4.69, 9.17) is 9.47 Å². The Balaban J connectivity index is 1.75. The number of para-hydroxylation sites is 1. The third-order valence-electron chi connectivity index (χ3n) is 6.56. The number of aliphatic hydroxyl groups excluding tert-OH is 1. The second kappa shape index (κ2) is 11.4. The minimum absolute atomic E-state index is 0.0764. The Morgan fingerprint density at radius 3 is 2.39 bits per heavy atom. The zero-order valence-corrected chi connectivity index (χ0v) is 20.7. The second-order valence-corrected chi connectivity index (χ2v) is 8.64. The molecular weight excluding hydrogens is 459 g/mol. The topological polar surface area (TPSA) is 62.2 Å². The number of hydrogen-bond acceptors (Lipinski definition) is 6. The summed E-state index contributed by atoms with van der Waals surface area (Å²) in [7, 11) is 3.07. The highest BCUT2D eigenvalue weighted by Crippen LogP contribution is 2.36. The fraction of sp³-hybridized carbons (Fsp3) is 0.276. The van der Waals surface area contributed by atoms with Gasteiger partial charge in [-0.15, -0.1) is 0 Å². The van der Waals surface area contributed by atoms with Gasteiger partial charge in [0.1, 0.15) is 17.3 Å². The smallest absolute Gasteiger partial charge is 0.195 e. The number of carbonyl (C=O) groups excluding carboxylic acids is 1. The van der Waals surface area contributed by atoms with Crippen molar-refractivity contribution in [1.82, 2.24) is 4.90 Å². The maximum Gasteiger partial charge on any atom is 0.195 e. The molecule has 0 spiro atoms. The Bertz CT molecular complexity index is 1250. The Kier molecular flexibility index (Phi) is 8.03. The van der Waals surface area contributed by atoms with Crippen LogP contribution in [-0.4, -0.2) is 69.3 Å². The summed E-state index contributed by atoms with van der Waals surface area (Å²) in [5.41, 5.74) is 3.12. The number of allylic oxidation sites excluding steroid dienone is 1. The van der Waals surface area contributed by atoms with E-state index in [1.165, 1.54) is 19.2 Å². The van der Waals surface area contributed by atoms with Crippen LogP contribution < -0.4 is 14.4 Å². The van der Waals surface area contributed by atoms with E-state index in [2.05, 4.69) is 16.4 Å². The lowest BCUT2D eigenvalue weighted by Gasteiger charge is -2.36. The maximum atomic E-state index is 14.8. The standard InChI is InChI=1S/C29H31FN2O4/c1-20(23-10-9-22(35-2)19-26(23)30)29(34)25-18-21(24-6-4-5-7-28(24)36-3)8-11-27(25)32-14-12-31(13-15-32)16-17-33/h4-11,18-19,33H,1,12-17H2,2-3H3. The van der Waals surface area contributed by atoms with Gasteiger partial charge in [-0.3, -0.25) is 9.69 Å². The molecule has 0 atom stereocenters. The molecule has 3 aromatic carbocycles. The number of rotatable bonds is 9. The van der Waals surface area contributed by atoms with Crippen LogP contribution in [0.1, 0.15) is 15.9 Å². The van der Waals surface area contributed by atoms with Crippen molar-refractivity contribution in [2.24, 2.45) is 0 Å². The number of β-amino-alcohol motifs (C(OH)–C–C–N with tert-alkyl or cyclic N) is 1. The minimum Gasteiger partial charge on any atom is -0.497 e. The van der Waals surface area contributed by atoms with E-state index < -0.39 is 5.82 Å². The van der Waals surface area contributed by atoms with Crippen molar-refractivity contribution in [3.8, 4) is 22.6 Å². The fourth-order valence-electron chi connectivity index (χ4n) is 4.55. The molecule has 1 saturated heterocycles. The molecule has 1 aliphatic heterocycles. The van der Waals surface area contributed by atoms with E-state index >= 15 is 0 Å². The van der Waals surface area contributed by atoms with Crippen LogP contribution in [0.5, 0.6) is 11.5 Å². The highest BCUT2D eigenvalue weighted by Gasteiger charge is 2.25. The molecule has 3 aromatic rings. The number of methoxy groups -OCH3 is 2. The molecule has 0 bridgehead atoms. The third kappa shape index (κ3) is 5.27. The van der Waals surface area contributed by atoms with Crippen LogP contribution in [-0.2, 0) is 0 Å². The molecular formula is C29H31FN2O4. The predicted octanol–water partition coefficient (Wildman–Crippen LogP) is 4.52. The molecule has 6 nitrogen and oxygen atoms in total. The molecule has 188 valence electrons. The van der Waals surface area contributed by atoms with Crippen molar-refractivity contribution >= 4 is 17.0 Å². The van der Waals surface area contributed by atoms with Crippen molar-refractivity contribution in [3.63, 3.8) is 0 Å². The molecule has 0 amide bonds. The molecule has 0 radical (unpaired) electrons. The molecule has 1 fully saturated rings. The highest BCUT2D eigenvalue weighted by molar-refractivity contribution is 6.30. The summed E-state index contributed by atoms with van der Waals surface area (Å²) in [4.78, 5) is 18.2. The average molecular weight is 491 g/mol. The van der Waals surface area contributed by atoms with Gasteiger partial charge in [0, 0.05) is 66.7 Å². The summed E-state index contributed by atoms with van der Waals surface area (Å²) in [5, 5.41) is 9.27. The lowest BCUT2D eigenvalue weighted by Crippen LogP contribution is -2.47. The molecule has 0 saturated carbocycles. The number of nitrogens with zero attached hydrogens (tertiary/aromatic N) is 2. The van der Waals surface area contributed by atoms with Gasteiger partial charge in [0.2, 0.25) is 0 Å². The number of halogens is 1. The lowest BCUT2D eigenvalue weighted by molar-refractivity contribution is 0.105. The zero-order valence-electron chi connectivity index (χ0n) is 20.7. The van der Waals surface area contributed by atoms with Crippen molar-refractivity contribution < 1.29 is 23.8 Å². The van der Waals surface area contributed by atoms with E-state index in [-0.39, 0.29) is 23.5 Å². The Hall–Kier alpha value is -3.68. The van der Waals surface area contributed by atoms with E-state index in [0.717, 1.165) is 29.9 Å². The van der Waals surface area contributed by atoms with E-state index in [9.17, 15) is 14.3 Å². The normalized spacial score (nSPS) is 13.9. The van der Waals surface area contributed by atoms with Crippen molar-refractivity contribution in [2.45, 2.75) is 0 Å². The van der Waals surface area contributed by atoms with Crippen LogP contribution in [0.4, 0.5) is 10.1 Å². The first-order valence-electron chi connectivity index (χ1n) is 11.9. The van der Waals surface area contributed by atoms with E-state index in [0.29, 0.717) is 36.7 Å². The van der Waals surface area contributed by atoms with Gasteiger partial charge in [-0.1, -0.05) is 30.8 Å². The van der Waals surface area contributed by atoms with Crippen LogP contribution in [0.2, 0.25) is 0 Å². The molecule has 1 aliphatic rings. The minimum atomic E-state index is -0.562. The average Bonchev–Trinajstić information content (AvgIpc) is 2.92. The van der Waals surface area contributed by atoms with Crippen molar-refractivity contribution in [3.05, 3.63) is 84.2 Å². The van der Waals surface area contributed by atoms with Gasteiger partial charge in [0.05, 0.1) is 20.8 Å². The summed E-state index contributed by atoms with van der Waals surface area (Å²) in [6, 6.07) is 17.7. The Morgan fingerprint density at radius 2 is 1.72 bits per heavy atom. The van der Waals surface area contributed by atoms with Gasteiger partial charge in [0.15, 0.2) is 5.78 Å². The number of ketones is 1. The van der Waals surface area contributed by atoms with Gasteiger partial charge >= 0.3 is 0 Å². The molecule has 1 N–H and O–H groups in total. The van der Waals surface area contributed by atoms with Crippen molar-refractivity contribution in [1.29, 1.82) is 0 Å². The van der Waals surface area contributed by atoms with Crippen LogP contribution >= 0.6 is 0 Å². The molecule has 0 unspecified atom stereocenters. The molecule has 0 aromatic heterocycles. The molecule has 4 rings (SSSR count). The highest BCUT2D eigenvalue weighted by atomic mass is 19.1. The lowest BCUT2D eigenvalue weighted by atomic mass is 9.93. The summed E-state index contributed by atoms with van der Waals surface area (Å²) < 4.78 is 25.5. The Morgan fingerprint density at radius 1 is 0.972 bits per heavy atom.